The molecule has 2 aliphatic carbocycles. The van der Waals surface area contributed by atoms with E-state index in [1.807, 2.05) is 45.2 Å². The average molecular weight is 410 g/mol. The Morgan fingerprint density at radius 1 is 1.03 bits per heavy atom. The van der Waals surface area contributed by atoms with E-state index in [0.29, 0.717) is 17.6 Å². The van der Waals surface area contributed by atoms with Gasteiger partial charge in [-0.2, -0.15) is 0 Å². The second kappa shape index (κ2) is 7.71. The molecule has 4 rings (SSSR count). The minimum atomic E-state index is -3.03. The van der Waals surface area contributed by atoms with Crippen molar-refractivity contribution >= 4 is 15.9 Å². The summed E-state index contributed by atoms with van der Waals surface area (Å²) in [5.41, 5.74) is 6.42. The molecule has 0 bridgehead atoms. The van der Waals surface area contributed by atoms with E-state index in [2.05, 4.69) is 29.3 Å². The van der Waals surface area contributed by atoms with E-state index in [1.54, 1.807) is 0 Å². The number of nitrogens with zero attached hydrogens (tertiary/aromatic N) is 1. The van der Waals surface area contributed by atoms with Gasteiger partial charge >= 0.3 is 0 Å². The molecule has 0 saturated heterocycles. The van der Waals surface area contributed by atoms with Gasteiger partial charge in [0.05, 0.1) is 16.2 Å². The van der Waals surface area contributed by atoms with Crippen molar-refractivity contribution in [3.05, 3.63) is 59.3 Å². The zero-order valence-corrected chi connectivity index (χ0v) is 18.5. The molecule has 0 atom stereocenters. The van der Waals surface area contributed by atoms with Crippen molar-refractivity contribution in [1.29, 1.82) is 0 Å². The number of sulfone groups is 1. The first kappa shape index (κ1) is 20.3. The molecule has 0 aliphatic heterocycles. The zero-order chi connectivity index (χ0) is 20.6. The van der Waals surface area contributed by atoms with Crippen LogP contribution in [0.4, 0.5) is 0 Å². The lowest BCUT2D eigenvalue weighted by Crippen LogP contribution is -2.34. The van der Waals surface area contributed by atoms with E-state index in [1.165, 1.54) is 16.7 Å². The van der Waals surface area contributed by atoms with Crippen molar-refractivity contribution in [2.24, 2.45) is 11.8 Å². The van der Waals surface area contributed by atoms with Gasteiger partial charge in [-0.3, -0.25) is 4.98 Å². The Morgan fingerprint density at radius 3 is 2.45 bits per heavy atom. The van der Waals surface area contributed by atoms with Crippen LogP contribution >= 0.6 is 0 Å². The van der Waals surface area contributed by atoms with Gasteiger partial charge in [-0.15, -0.1) is 0 Å². The van der Waals surface area contributed by atoms with Crippen LogP contribution in [0.2, 0.25) is 0 Å². The van der Waals surface area contributed by atoms with Gasteiger partial charge in [0.15, 0.2) is 9.84 Å². The first-order chi connectivity index (χ1) is 13.7. The fourth-order valence-electron chi connectivity index (χ4n) is 4.58. The fraction of sp³-hybridized carbons (Fsp3) is 0.480. The highest BCUT2D eigenvalue weighted by atomic mass is 32.2. The van der Waals surface area contributed by atoms with Crippen molar-refractivity contribution in [3.63, 3.8) is 0 Å². The predicted octanol–water partition coefficient (Wildman–Crippen LogP) is 5.71. The van der Waals surface area contributed by atoms with E-state index in [0.717, 1.165) is 43.4 Å². The first-order valence-corrected chi connectivity index (χ1v) is 12.4. The number of hydrogen-bond donors (Lipinski definition) is 0. The molecule has 1 heterocycles. The summed E-state index contributed by atoms with van der Waals surface area (Å²) in [5, 5.41) is 0. The molecule has 1 aromatic carbocycles. The molecule has 0 unspecified atom stereocenters. The Morgan fingerprint density at radius 2 is 1.79 bits per heavy atom. The van der Waals surface area contributed by atoms with E-state index < -0.39 is 14.6 Å². The summed E-state index contributed by atoms with van der Waals surface area (Å²) in [4.78, 5) is 4.47. The van der Waals surface area contributed by atoms with Gasteiger partial charge in [0, 0.05) is 11.8 Å². The molecule has 3 nitrogen and oxygen atoms in total. The molecule has 4 heteroatoms. The number of benzene rings is 1. The van der Waals surface area contributed by atoms with Gasteiger partial charge in [0.2, 0.25) is 0 Å². The van der Waals surface area contributed by atoms with Crippen molar-refractivity contribution in [2.45, 2.75) is 57.6 Å². The Kier molecular flexibility index (Phi) is 5.41. The van der Waals surface area contributed by atoms with Gasteiger partial charge in [0.1, 0.15) is 0 Å². The van der Waals surface area contributed by atoms with Crippen LogP contribution in [0.3, 0.4) is 0 Å². The molecule has 29 heavy (non-hydrogen) atoms. The lowest BCUT2D eigenvalue weighted by Gasteiger charge is -2.31. The van der Waals surface area contributed by atoms with Crippen LogP contribution in [0.1, 0.15) is 57.6 Å². The quantitative estimate of drug-likeness (QED) is 0.650. The van der Waals surface area contributed by atoms with Gasteiger partial charge in [0.25, 0.3) is 0 Å². The average Bonchev–Trinajstić information content (AvgIpc) is 3.11. The molecule has 154 valence electrons. The van der Waals surface area contributed by atoms with Crippen LogP contribution in [0.15, 0.2) is 48.2 Å². The summed E-state index contributed by atoms with van der Waals surface area (Å²) in [6.07, 6.45) is 9.50. The van der Waals surface area contributed by atoms with Gasteiger partial charge in [-0.25, -0.2) is 8.42 Å². The van der Waals surface area contributed by atoms with Crippen LogP contribution in [0, 0.1) is 11.8 Å². The van der Waals surface area contributed by atoms with E-state index in [4.69, 9.17) is 0 Å². The molecule has 2 aromatic rings. The second-order valence-electron chi connectivity index (χ2n) is 9.64. The van der Waals surface area contributed by atoms with Gasteiger partial charge in [-0.1, -0.05) is 29.8 Å². The Balaban J connectivity index is 1.41. The number of pyridine rings is 1. The highest BCUT2D eigenvalue weighted by Crippen LogP contribution is 2.40. The largest absolute Gasteiger partial charge is 0.256 e. The number of hydrogen-bond acceptors (Lipinski definition) is 3. The predicted molar refractivity (Wildman–Crippen MR) is 120 cm³/mol. The first-order valence-electron chi connectivity index (χ1n) is 10.7. The van der Waals surface area contributed by atoms with Crippen molar-refractivity contribution in [2.75, 3.05) is 5.75 Å². The van der Waals surface area contributed by atoms with Crippen LogP contribution in [-0.4, -0.2) is 23.9 Å². The Labute approximate surface area is 175 Å². The molecular weight excluding hydrogens is 378 g/mol. The second-order valence-corrected chi connectivity index (χ2v) is 12.4. The zero-order valence-electron chi connectivity index (χ0n) is 17.7. The summed E-state index contributed by atoms with van der Waals surface area (Å²) in [7, 11) is -3.03. The third kappa shape index (κ3) is 4.32. The molecular formula is C25H31NO2S. The van der Waals surface area contributed by atoms with Crippen LogP contribution < -0.4 is 0 Å². The lowest BCUT2D eigenvalue weighted by atomic mass is 9.78. The lowest BCUT2D eigenvalue weighted by molar-refractivity contribution is 0.319. The third-order valence-electron chi connectivity index (χ3n) is 6.60. The molecule has 0 amide bonds. The van der Waals surface area contributed by atoms with Crippen LogP contribution in [0.25, 0.3) is 17.3 Å². The van der Waals surface area contributed by atoms with Gasteiger partial charge < -0.3 is 0 Å². The highest BCUT2D eigenvalue weighted by molar-refractivity contribution is 7.92. The van der Waals surface area contributed by atoms with Crippen molar-refractivity contribution in [3.8, 4) is 11.3 Å². The molecule has 1 fully saturated rings. The smallest absolute Gasteiger partial charge is 0.155 e. The SMILES string of the molecule is CC(C)(C)S(=O)(=O)CC1CCC(C2=Cc3cc(-c4ccccn4)ccc3C2)CC1. The Bertz CT molecular complexity index is 1010. The summed E-state index contributed by atoms with van der Waals surface area (Å²) >= 11 is 0. The maximum absolute atomic E-state index is 12.5. The number of aromatic nitrogens is 1. The molecule has 1 aromatic heterocycles. The van der Waals surface area contributed by atoms with E-state index in [-0.39, 0.29) is 0 Å². The van der Waals surface area contributed by atoms with E-state index in [9.17, 15) is 8.42 Å². The van der Waals surface area contributed by atoms with E-state index >= 15 is 0 Å². The maximum atomic E-state index is 12.5. The summed E-state index contributed by atoms with van der Waals surface area (Å²) < 4.78 is 24.4. The molecule has 2 aliphatic rings. The minimum absolute atomic E-state index is 0.315. The summed E-state index contributed by atoms with van der Waals surface area (Å²) in [5.74, 6) is 1.25. The number of allylic oxidation sites excluding steroid dienone is 1. The number of fused-ring (bicyclic) bond motifs is 1. The summed E-state index contributed by atoms with van der Waals surface area (Å²) in [6.45, 7) is 5.44. The van der Waals surface area contributed by atoms with Crippen molar-refractivity contribution in [1.82, 2.24) is 4.98 Å². The summed E-state index contributed by atoms with van der Waals surface area (Å²) in [6, 6.07) is 12.7. The Hall–Kier alpha value is -1.94. The molecule has 0 radical (unpaired) electrons. The monoisotopic (exact) mass is 409 g/mol. The normalized spacial score (nSPS) is 22.2. The topological polar surface area (TPSA) is 47.0 Å². The minimum Gasteiger partial charge on any atom is -0.256 e. The molecule has 0 N–H and O–H groups in total. The van der Waals surface area contributed by atoms with Gasteiger partial charge in [-0.05, 0) is 94.0 Å². The fourth-order valence-corrected chi connectivity index (χ4v) is 6.03. The number of rotatable bonds is 4. The molecule has 1 saturated carbocycles. The molecule has 0 spiro atoms. The van der Waals surface area contributed by atoms with Crippen LogP contribution in [-0.2, 0) is 16.3 Å². The highest BCUT2D eigenvalue weighted by Gasteiger charge is 2.34. The maximum Gasteiger partial charge on any atom is 0.155 e. The third-order valence-corrected chi connectivity index (χ3v) is 9.38. The van der Waals surface area contributed by atoms with Crippen LogP contribution in [0.5, 0.6) is 0 Å². The van der Waals surface area contributed by atoms with Crippen molar-refractivity contribution < 1.29 is 8.42 Å². The standard InChI is InChI=1S/C25H31NO2S/c1-25(2,3)29(27,28)17-18-7-9-19(10-8-18)22-14-20-11-12-21(15-23(20)16-22)24-6-4-5-13-26-24/h4-6,11-13,15-16,18-19H,7-10,14,17H2,1-3H3.